The number of fused-ring (bicyclic) bond motifs is 1. The third kappa shape index (κ3) is 4.50. The molecule has 0 aromatic heterocycles. The van der Waals surface area contributed by atoms with Crippen LogP contribution in [0.15, 0.2) is 48.5 Å². The molecule has 7 heteroatoms. The van der Waals surface area contributed by atoms with Gasteiger partial charge >= 0.3 is 5.97 Å². The third-order valence-electron chi connectivity index (χ3n) is 5.78. The second kappa shape index (κ2) is 9.12. The zero-order valence-corrected chi connectivity index (χ0v) is 17.1. The van der Waals surface area contributed by atoms with E-state index >= 15 is 0 Å². The van der Waals surface area contributed by atoms with Crippen LogP contribution in [-0.2, 0) is 9.53 Å². The monoisotopic (exact) mass is 420 g/mol. The Balaban J connectivity index is 1.36. The van der Waals surface area contributed by atoms with E-state index < -0.39 is 17.8 Å². The van der Waals surface area contributed by atoms with E-state index in [1.165, 1.54) is 31.4 Å². The molecule has 1 fully saturated rings. The van der Waals surface area contributed by atoms with Crippen molar-refractivity contribution in [3.8, 4) is 0 Å². The highest BCUT2D eigenvalue weighted by molar-refractivity contribution is 6.34. The Morgan fingerprint density at radius 3 is 2.29 bits per heavy atom. The van der Waals surface area contributed by atoms with E-state index in [1.807, 2.05) is 0 Å². The maximum absolute atomic E-state index is 12.6. The SMILES string of the molecule is O=C(COC(=O)c1cccc(N2C(=O)c3ccccc3C2=O)c1)NCC1CCCCC1. The van der Waals surface area contributed by atoms with E-state index in [-0.39, 0.29) is 23.8 Å². The van der Waals surface area contributed by atoms with Crippen molar-refractivity contribution in [2.24, 2.45) is 5.92 Å². The lowest BCUT2D eigenvalue weighted by Gasteiger charge is -2.21. The van der Waals surface area contributed by atoms with Crippen LogP contribution in [0.5, 0.6) is 0 Å². The zero-order valence-electron chi connectivity index (χ0n) is 17.1. The molecular weight excluding hydrogens is 396 g/mol. The quantitative estimate of drug-likeness (QED) is 0.572. The molecule has 0 saturated heterocycles. The van der Waals surface area contributed by atoms with Crippen LogP contribution in [0.2, 0.25) is 0 Å². The number of carbonyl (C=O) groups excluding carboxylic acids is 4. The van der Waals surface area contributed by atoms with Crippen LogP contribution in [0.1, 0.15) is 63.2 Å². The predicted molar refractivity (Wildman–Crippen MR) is 114 cm³/mol. The molecule has 2 aromatic carbocycles. The van der Waals surface area contributed by atoms with Gasteiger partial charge in [-0.05, 0) is 49.1 Å². The highest BCUT2D eigenvalue weighted by Gasteiger charge is 2.36. The van der Waals surface area contributed by atoms with E-state index in [0.29, 0.717) is 23.6 Å². The topological polar surface area (TPSA) is 92.8 Å². The van der Waals surface area contributed by atoms with Crippen LogP contribution in [-0.4, -0.2) is 36.8 Å². The van der Waals surface area contributed by atoms with E-state index in [4.69, 9.17) is 4.74 Å². The molecule has 4 rings (SSSR count). The zero-order chi connectivity index (χ0) is 21.8. The van der Waals surface area contributed by atoms with Crippen molar-refractivity contribution >= 4 is 29.4 Å². The fourth-order valence-electron chi connectivity index (χ4n) is 4.11. The molecule has 31 heavy (non-hydrogen) atoms. The molecule has 3 amide bonds. The van der Waals surface area contributed by atoms with E-state index in [2.05, 4.69) is 5.32 Å². The minimum Gasteiger partial charge on any atom is -0.452 e. The molecule has 160 valence electrons. The molecule has 1 saturated carbocycles. The van der Waals surface area contributed by atoms with Crippen molar-refractivity contribution in [3.63, 3.8) is 0 Å². The Morgan fingerprint density at radius 1 is 0.935 bits per heavy atom. The molecule has 7 nitrogen and oxygen atoms in total. The number of imide groups is 1. The Kier molecular flexibility index (Phi) is 6.11. The minimum absolute atomic E-state index is 0.161. The summed E-state index contributed by atoms with van der Waals surface area (Å²) >= 11 is 0. The number of amides is 3. The fourth-order valence-corrected chi connectivity index (χ4v) is 4.11. The molecule has 0 spiro atoms. The normalized spacial score (nSPS) is 16.2. The molecule has 1 aliphatic heterocycles. The van der Waals surface area contributed by atoms with Gasteiger partial charge in [0.05, 0.1) is 22.4 Å². The first-order valence-electron chi connectivity index (χ1n) is 10.6. The molecule has 1 N–H and O–H groups in total. The van der Waals surface area contributed by atoms with Crippen molar-refractivity contribution < 1.29 is 23.9 Å². The van der Waals surface area contributed by atoms with Gasteiger partial charge in [-0.2, -0.15) is 0 Å². The Labute approximate surface area is 180 Å². The van der Waals surface area contributed by atoms with Gasteiger partial charge in [0.15, 0.2) is 6.61 Å². The summed E-state index contributed by atoms with van der Waals surface area (Å²) in [5.41, 5.74) is 1.10. The first-order valence-corrected chi connectivity index (χ1v) is 10.6. The molecule has 0 unspecified atom stereocenters. The Morgan fingerprint density at radius 2 is 1.61 bits per heavy atom. The lowest BCUT2D eigenvalue weighted by molar-refractivity contribution is -0.124. The van der Waals surface area contributed by atoms with Crippen LogP contribution in [0, 0.1) is 5.92 Å². The summed E-state index contributed by atoms with van der Waals surface area (Å²) in [6.45, 7) is 0.231. The van der Waals surface area contributed by atoms with Gasteiger partial charge in [-0.25, -0.2) is 9.69 Å². The summed E-state index contributed by atoms with van der Waals surface area (Å²) in [4.78, 5) is 50.8. The molecule has 2 aromatic rings. The van der Waals surface area contributed by atoms with Crippen molar-refractivity contribution in [2.75, 3.05) is 18.1 Å². The first kappa shape index (κ1) is 20.8. The van der Waals surface area contributed by atoms with E-state index in [1.54, 1.807) is 36.4 Å². The van der Waals surface area contributed by atoms with Crippen LogP contribution in [0.25, 0.3) is 0 Å². The van der Waals surface area contributed by atoms with E-state index in [9.17, 15) is 19.2 Å². The maximum Gasteiger partial charge on any atom is 0.338 e. The van der Waals surface area contributed by atoms with Crippen molar-refractivity contribution in [1.29, 1.82) is 0 Å². The van der Waals surface area contributed by atoms with Gasteiger partial charge in [0.1, 0.15) is 0 Å². The number of anilines is 1. The number of ether oxygens (including phenoxy) is 1. The average Bonchev–Trinajstić information content (AvgIpc) is 3.07. The Hall–Kier alpha value is -3.48. The predicted octanol–water partition coefficient (Wildman–Crippen LogP) is 3.34. The van der Waals surface area contributed by atoms with Crippen molar-refractivity contribution in [3.05, 3.63) is 65.2 Å². The van der Waals surface area contributed by atoms with Gasteiger partial charge in [0.25, 0.3) is 17.7 Å². The first-order chi connectivity index (χ1) is 15.0. The standard InChI is InChI=1S/C24H24N2O5/c27-21(25-14-16-7-2-1-3-8-16)15-31-24(30)17-9-6-10-18(13-17)26-22(28)19-11-4-5-12-20(19)23(26)29/h4-6,9-13,16H,1-3,7-8,14-15H2,(H,25,27). The summed E-state index contributed by atoms with van der Waals surface area (Å²) in [6, 6.07) is 12.7. The number of nitrogens with zero attached hydrogens (tertiary/aromatic N) is 1. The van der Waals surface area contributed by atoms with Crippen LogP contribution >= 0.6 is 0 Å². The third-order valence-corrected chi connectivity index (χ3v) is 5.78. The molecule has 1 heterocycles. The van der Waals surface area contributed by atoms with Crippen molar-refractivity contribution in [1.82, 2.24) is 5.32 Å². The number of esters is 1. The summed E-state index contributed by atoms with van der Waals surface area (Å²) in [5.74, 6) is -1.41. The molecule has 0 radical (unpaired) electrons. The summed E-state index contributed by atoms with van der Waals surface area (Å²) in [5, 5.41) is 2.82. The van der Waals surface area contributed by atoms with Gasteiger partial charge in [-0.15, -0.1) is 0 Å². The highest BCUT2D eigenvalue weighted by Crippen LogP contribution is 2.29. The summed E-state index contributed by atoms with van der Waals surface area (Å²) < 4.78 is 5.12. The smallest absolute Gasteiger partial charge is 0.338 e. The number of hydrogen-bond acceptors (Lipinski definition) is 5. The van der Waals surface area contributed by atoms with Gasteiger partial charge < -0.3 is 10.1 Å². The number of carbonyl (C=O) groups is 4. The number of hydrogen-bond donors (Lipinski definition) is 1. The van der Waals surface area contributed by atoms with Crippen molar-refractivity contribution in [2.45, 2.75) is 32.1 Å². The highest BCUT2D eigenvalue weighted by atomic mass is 16.5. The number of benzene rings is 2. The molecule has 2 aliphatic rings. The molecule has 0 atom stereocenters. The second-order valence-electron chi connectivity index (χ2n) is 7.93. The minimum atomic E-state index is -0.689. The van der Waals surface area contributed by atoms with Gasteiger partial charge in [0.2, 0.25) is 0 Å². The number of rotatable bonds is 6. The summed E-state index contributed by atoms with van der Waals surface area (Å²) in [7, 11) is 0. The largest absolute Gasteiger partial charge is 0.452 e. The molecule has 0 bridgehead atoms. The van der Waals surface area contributed by atoms with Gasteiger partial charge in [-0.3, -0.25) is 14.4 Å². The summed E-state index contributed by atoms with van der Waals surface area (Å²) in [6.07, 6.45) is 5.87. The average molecular weight is 420 g/mol. The molecule has 1 aliphatic carbocycles. The van der Waals surface area contributed by atoms with Crippen LogP contribution < -0.4 is 10.2 Å². The van der Waals surface area contributed by atoms with Gasteiger partial charge in [-0.1, -0.05) is 37.5 Å². The fraction of sp³-hybridized carbons (Fsp3) is 0.333. The van der Waals surface area contributed by atoms with Crippen LogP contribution in [0.3, 0.4) is 0 Å². The van der Waals surface area contributed by atoms with Crippen LogP contribution in [0.4, 0.5) is 5.69 Å². The van der Waals surface area contributed by atoms with E-state index in [0.717, 1.165) is 17.7 Å². The Bertz CT molecular complexity index is 991. The van der Waals surface area contributed by atoms with Gasteiger partial charge in [0, 0.05) is 6.54 Å². The maximum atomic E-state index is 12.6. The lowest BCUT2D eigenvalue weighted by atomic mass is 9.89. The second-order valence-corrected chi connectivity index (χ2v) is 7.93. The number of nitrogens with one attached hydrogen (secondary N) is 1. The molecular formula is C24H24N2O5. The lowest BCUT2D eigenvalue weighted by Crippen LogP contribution is -2.33.